The molecule has 0 bridgehead atoms. The highest BCUT2D eigenvalue weighted by Crippen LogP contribution is 2.33. The van der Waals surface area contributed by atoms with E-state index in [1.165, 1.54) is 14.2 Å². The second-order valence-electron chi connectivity index (χ2n) is 7.42. The van der Waals surface area contributed by atoms with Crippen LogP contribution in [0.1, 0.15) is 31.4 Å². The summed E-state index contributed by atoms with van der Waals surface area (Å²) in [5.41, 5.74) is 0.213. The molecule has 0 aliphatic heterocycles. The third-order valence-corrected chi connectivity index (χ3v) is 5.35. The third kappa shape index (κ3) is 5.57. The summed E-state index contributed by atoms with van der Waals surface area (Å²) >= 11 is 0. The number of carbonyl (C=O) groups is 3. The zero-order chi connectivity index (χ0) is 24.0. The van der Waals surface area contributed by atoms with Gasteiger partial charge in [0.25, 0.3) is 0 Å². The van der Waals surface area contributed by atoms with E-state index in [9.17, 15) is 24.3 Å². The van der Waals surface area contributed by atoms with E-state index in [2.05, 4.69) is 10.6 Å². The van der Waals surface area contributed by atoms with Gasteiger partial charge in [0.15, 0.2) is 0 Å². The van der Waals surface area contributed by atoms with Crippen LogP contribution in [0, 0.1) is 12.8 Å². The monoisotopic (exact) mass is 448 g/mol. The van der Waals surface area contributed by atoms with Crippen molar-refractivity contribution in [2.75, 3.05) is 20.8 Å². The lowest BCUT2D eigenvalue weighted by Crippen LogP contribution is -2.48. The molecule has 174 valence electrons. The van der Waals surface area contributed by atoms with E-state index in [4.69, 9.17) is 13.9 Å². The van der Waals surface area contributed by atoms with E-state index in [0.29, 0.717) is 28.9 Å². The molecule has 1 aromatic carbocycles. The molecule has 2 rings (SSSR count). The molecular weight excluding hydrogens is 420 g/mol. The predicted octanol–water partition coefficient (Wildman–Crippen LogP) is 1.39. The van der Waals surface area contributed by atoms with Crippen LogP contribution in [0.2, 0.25) is 0 Å². The topological polar surface area (TPSA) is 144 Å². The first kappa shape index (κ1) is 24.7. The van der Waals surface area contributed by atoms with Gasteiger partial charge in [-0.1, -0.05) is 20.3 Å². The maximum absolute atomic E-state index is 12.5. The normalized spacial score (nSPS) is 12.7. The predicted molar refractivity (Wildman–Crippen MR) is 116 cm³/mol. The smallest absolute Gasteiger partial charge is 0.340 e. The standard InChI is InChI=1S/C22H28N2O8/c1-6-11(2)20(21(27)28)24-18(26)10-23-17(25)9-14-12(3)19-15(31-5)7-13(30-4)8-16(19)32-22(14)29/h7-8,11,20H,6,9-10H2,1-5H3,(H,23,25)(H,24,26)(H,27,28)/t11-,20+/m0/s1. The van der Waals surface area contributed by atoms with Crippen molar-refractivity contribution in [3.63, 3.8) is 0 Å². The number of hydrogen-bond donors (Lipinski definition) is 3. The molecule has 10 nitrogen and oxygen atoms in total. The van der Waals surface area contributed by atoms with Crippen molar-refractivity contribution in [2.24, 2.45) is 5.92 Å². The summed E-state index contributed by atoms with van der Waals surface area (Å²) in [4.78, 5) is 48.3. The Bertz CT molecular complexity index is 1080. The van der Waals surface area contributed by atoms with Crippen LogP contribution in [0.15, 0.2) is 21.3 Å². The first-order chi connectivity index (χ1) is 15.1. The number of benzene rings is 1. The minimum atomic E-state index is -1.14. The van der Waals surface area contributed by atoms with Crippen LogP contribution >= 0.6 is 0 Å². The maximum Gasteiger partial charge on any atom is 0.340 e. The highest BCUT2D eigenvalue weighted by atomic mass is 16.5. The van der Waals surface area contributed by atoms with Crippen molar-refractivity contribution < 1.29 is 33.4 Å². The van der Waals surface area contributed by atoms with E-state index in [0.717, 1.165) is 0 Å². The van der Waals surface area contributed by atoms with E-state index >= 15 is 0 Å². The molecule has 32 heavy (non-hydrogen) atoms. The Morgan fingerprint density at radius 1 is 1.16 bits per heavy atom. The lowest BCUT2D eigenvalue weighted by atomic mass is 9.99. The Hall–Kier alpha value is -3.56. The SMILES string of the molecule is CC[C@H](C)[C@@H](NC(=O)CNC(=O)Cc1c(C)c2c(OC)cc(OC)cc2oc1=O)C(=O)O. The second-order valence-corrected chi connectivity index (χ2v) is 7.42. The molecule has 0 aliphatic rings. The minimum absolute atomic E-state index is 0.127. The van der Waals surface area contributed by atoms with Gasteiger partial charge in [0, 0.05) is 12.1 Å². The number of carbonyl (C=O) groups excluding carboxylic acids is 2. The fourth-order valence-corrected chi connectivity index (χ4v) is 3.27. The highest BCUT2D eigenvalue weighted by molar-refractivity contribution is 5.91. The summed E-state index contributed by atoms with van der Waals surface area (Å²) < 4.78 is 15.9. The molecule has 10 heteroatoms. The summed E-state index contributed by atoms with van der Waals surface area (Å²) in [6.07, 6.45) is 0.246. The number of nitrogens with one attached hydrogen (secondary N) is 2. The number of carboxylic acid groups (broad SMARTS) is 1. The number of fused-ring (bicyclic) bond motifs is 1. The average molecular weight is 448 g/mol. The largest absolute Gasteiger partial charge is 0.496 e. The van der Waals surface area contributed by atoms with E-state index in [-0.39, 0.29) is 23.5 Å². The Morgan fingerprint density at radius 2 is 1.84 bits per heavy atom. The quantitative estimate of drug-likeness (QED) is 0.463. The Labute approximate surface area is 184 Å². The zero-order valence-corrected chi connectivity index (χ0v) is 18.7. The fraction of sp³-hybridized carbons (Fsp3) is 0.455. The molecule has 0 fully saturated rings. The summed E-state index contributed by atoms with van der Waals surface area (Å²) in [6.45, 7) is 4.78. The molecule has 2 atom stereocenters. The van der Waals surface area contributed by atoms with E-state index in [1.54, 1.807) is 26.0 Å². The van der Waals surface area contributed by atoms with Crippen molar-refractivity contribution >= 4 is 28.8 Å². The van der Waals surface area contributed by atoms with Crippen LogP contribution in [-0.2, 0) is 20.8 Å². The molecule has 0 radical (unpaired) electrons. The fourth-order valence-electron chi connectivity index (χ4n) is 3.27. The van der Waals surface area contributed by atoms with Crippen LogP contribution < -0.4 is 25.7 Å². The van der Waals surface area contributed by atoms with Crippen LogP contribution in [-0.4, -0.2) is 49.7 Å². The molecule has 0 saturated heterocycles. The van der Waals surface area contributed by atoms with E-state index in [1.807, 2.05) is 6.92 Å². The number of rotatable bonds is 10. The first-order valence-electron chi connectivity index (χ1n) is 10.1. The molecule has 0 aliphatic carbocycles. The van der Waals surface area contributed by atoms with Gasteiger partial charge in [-0.05, 0) is 18.4 Å². The van der Waals surface area contributed by atoms with Gasteiger partial charge in [-0.15, -0.1) is 0 Å². The van der Waals surface area contributed by atoms with Crippen LogP contribution in [0.4, 0.5) is 0 Å². The molecule has 0 saturated carbocycles. The van der Waals surface area contributed by atoms with Crippen molar-refractivity contribution in [3.8, 4) is 11.5 Å². The highest BCUT2D eigenvalue weighted by Gasteiger charge is 2.25. The molecule has 0 unspecified atom stereocenters. The van der Waals surface area contributed by atoms with Gasteiger partial charge in [0.1, 0.15) is 23.1 Å². The molecule has 1 aromatic heterocycles. The molecule has 2 amide bonds. The van der Waals surface area contributed by atoms with Gasteiger partial charge in [-0.3, -0.25) is 9.59 Å². The van der Waals surface area contributed by atoms with Crippen molar-refractivity contribution in [2.45, 2.75) is 39.7 Å². The van der Waals surface area contributed by atoms with Crippen LogP contribution in [0.25, 0.3) is 11.0 Å². The number of methoxy groups -OCH3 is 2. The number of amides is 2. The Kier molecular flexibility index (Phi) is 8.22. The minimum Gasteiger partial charge on any atom is -0.496 e. The Balaban J connectivity index is 2.16. The summed E-state index contributed by atoms with van der Waals surface area (Å²) in [6, 6.07) is 2.14. The van der Waals surface area contributed by atoms with Gasteiger partial charge in [0.2, 0.25) is 11.8 Å². The lowest BCUT2D eigenvalue weighted by Gasteiger charge is -2.20. The van der Waals surface area contributed by atoms with Crippen LogP contribution in [0.5, 0.6) is 11.5 Å². The number of aliphatic carboxylic acids is 1. The Morgan fingerprint density at radius 3 is 2.41 bits per heavy atom. The molecular formula is C22H28N2O8. The maximum atomic E-state index is 12.5. The number of hydrogen-bond acceptors (Lipinski definition) is 7. The lowest BCUT2D eigenvalue weighted by molar-refractivity contribution is -0.143. The van der Waals surface area contributed by atoms with Crippen LogP contribution in [0.3, 0.4) is 0 Å². The number of aryl methyl sites for hydroxylation is 1. The zero-order valence-electron chi connectivity index (χ0n) is 18.7. The molecule has 1 heterocycles. The van der Waals surface area contributed by atoms with Crippen molar-refractivity contribution in [1.82, 2.24) is 10.6 Å². The van der Waals surface area contributed by atoms with Crippen molar-refractivity contribution in [3.05, 3.63) is 33.7 Å². The van der Waals surface area contributed by atoms with Crippen molar-refractivity contribution in [1.29, 1.82) is 0 Å². The summed E-state index contributed by atoms with van der Waals surface area (Å²) in [5, 5.41) is 14.6. The number of ether oxygens (including phenoxy) is 2. The van der Waals surface area contributed by atoms with Gasteiger partial charge in [0.05, 0.1) is 38.1 Å². The van der Waals surface area contributed by atoms with Gasteiger partial charge < -0.3 is 29.6 Å². The number of carboxylic acids is 1. The summed E-state index contributed by atoms with van der Waals surface area (Å²) in [5.74, 6) is -1.77. The second kappa shape index (κ2) is 10.7. The van der Waals surface area contributed by atoms with Gasteiger partial charge in [-0.25, -0.2) is 9.59 Å². The van der Waals surface area contributed by atoms with E-state index < -0.39 is 36.0 Å². The molecule has 2 aromatic rings. The third-order valence-electron chi connectivity index (χ3n) is 5.35. The molecule has 3 N–H and O–H groups in total. The van der Waals surface area contributed by atoms with Gasteiger partial charge in [-0.2, -0.15) is 0 Å². The van der Waals surface area contributed by atoms with Gasteiger partial charge >= 0.3 is 11.6 Å². The average Bonchev–Trinajstić information content (AvgIpc) is 2.76. The molecule has 0 spiro atoms. The first-order valence-corrected chi connectivity index (χ1v) is 10.1. The summed E-state index contributed by atoms with van der Waals surface area (Å²) in [7, 11) is 2.94.